The van der Waals surface area contributed by atoms with Crippen molar-refractivity contribution in [2.45, 2.75) is 19.3 Å². The van der Waals surface area contributed by atoms with E-state index >= 15 is 0 Å². The van der Waals surface area contributed by atoms with Gasteiger partial charge in [0, 0.05) is 33.1 Å². The summed E-state index contributed by atoms with van der Waals surface area (Å²) in [7, 11) is 0. The van der Waals surface area contributed by atoms with Crippen LogP contribution in [-0.2, 0) is 5.41 Å². The highest BCUT2D eigenvalue weighted by molar-refractivity contribution is 6.04. The van der Waals surface area contributed by atoms with Gasteiger partial charge in [-0.2, -0.15) is 0 Å². The third-order valence-corrected chi connectivity index (χ3v) is 9.30. The summed E-state index contributed by atoms with van der Waals surface area (Å²) in [4.78, 5) is 10.3. The minimum atomic E-state index is -0.0883. The first kappa shape index (κ1) is 25.0. The van der Waals surface area contributed by atoms with E-state index in [9.17, 15) is 0 Å². The summed E-state index contributed by atoms with van der Waals surface area (Å²) in [5.74, 6) is 2.43. The SMILES string of the molecule is CC1(C)c2ccccc2-c2c(-c3cc(-c4ccc5c(c4)Oc4cccc6cccc-5c46)nc(-c4ccccc4)n3)cccc21. The highest BCUT2D eigenvalue weighted by atomic mass is 16.5. The lowest BCUT2D eigenvalue weighted by Crippen LogP contribution is -2.14. The second kappa shape index (κ2) is 9.23. The molecule has 1 aliphatic heterocycles. The molecular weight excluding hydrogens is 536 g/mol. The number of hydrogen-bond donors (Lipinski definition) is 0. The lowest BCUT2D eigenvalue weighted by atomic mass is 9.82. The Morgan fingerprint density at radius 3 is 2.09 bits per heavy atom. The summed E-state index contributed by atoms with van der Waals surface area (Å²) in [6, 6.07) is 46.9. The third-order valence-electron chi connectivity index (χ3n) is 9.30. The maximum Gasteiger partial charge on any atom is 0.160 e. The Balaban J connectivity index is 1.25. The van der Waals surface area contributed by atoms with E-state index in [1.54, 1.807) is 0 Å². The van der Waals surface area contributed by atoms with E-state index in [1.165, 1.54) is 33.2 Å². The molecule has 1 aliphatic carbocycles. The van der Waals surface area contributed by atoms with Gasteiger partial charge in [-0.25, -0.2) is 9.97 Å². The Kier molecular flexibility index (Phi) is 5.24. The molecule has 44 heavy (non-hydrogen) atoms. The minimum Gasteiger partial charge on any atom is -0.456 e. The molecule has 0 radical (unpaired) electrons. The van der Waals surface area contributed by atoms with E-state index < -0.39 is 0 Å². The number of nitrogens with zero attached hydrogens (tertiary/aromatic N) is 2. The van der Waals surface area contributed by atoms with E-state index in [-0.39, 0.29) is 5.41 Å². The van der Waals surface area contributed by atoms with Crippen LogP contribution in [0.1, 0.15) is 25.0 Å². The van der Waals surface area contributed by atoms with Crippen LogP contribution in [0.2, 0.25) is 0 Å². The summed E-state index contributed by atoms with van der Waals surface area (Å²) >= 11 is 0. The van der Waals surface area contributed by atoms with Crippen molar-refractivity contribution < 1.29 is 4.74 Å². The van der Waals surface area contributed by atoms with Crippen LogP contribution >= 0.6 is 0 Å². The summed E-state index contributed by atoms with van der Waals surface area (Å²) in [6.07, 6.45) is 0. The molecule has 6 aromatic carbocycles. The smallest absolute Gasteiger partial charge is 0.160 e. The Morgan fingerprint density at radius 2 is 1.20 bits per heavy atom. The average Bonchev–Trinajstić information content (AvgIpc) is 3.31. The second-order valence-electron chi connectivity index (χ2n) is 12.2. The van der Waals surface area contributed by atoms with Gasteiger partial charge >= 0.3 is 0 Å². The first-order valence-corrected chi connectivity index (χ1v) is 15.1. The number of ether oxygens (including phenoxy) is 1. The van der Waals surface area contributed by atoms with Crippen LogP contribution in [0.3, 0.4) is 0 Å². The van der Waals surface area contributed by atoms with Gasteiger partial charge in [0.25, 0.3) is 0 Å². The number of fused-ring (bicyclic) bond motifs is 5. The van der Waals surface area contributed by atoms with Crippen molar-refractivity contribution in [2.75, 3.05) is 0 Å². The van der Waals surface area contributed by atoms with Crippen molar-refractivity contribution in [2.24, 2.45) is 0 Å². The Morgan fingerprint density at radius 1 is 0.500 bits per heavy atom. The normalized spacial score (nSPS) is 13.6. The summed E-state index contributed by atoms with van der Waals surface area (Å²) < 4.78 is 6.52. The molecule has 0 spiro atoms. The molecule has 0 saturated carbocycles. The fraction of sp³-hybridized carbons (Fsp3) is 0.0732. The Labute approximate surface area is 256 Å². The zero-order valence-electron chi connectivity index (χ0n) is 24.5. The predicted octanol–water partition coefficient (Wildman–Crippen LogP) is 10.7. The lowest BCUT2D eigenvalue weighted by Gasteiger charge is -2.22. The van der Waals surface area contributed by atoms with E-state index in [4.69, 9.17) is 14.7 Å². The van der Waals surface area contributed by atoms with Gasteiger partial charge in [0.2, 0.25) is 0 Å². The zero-order chi connectivity index (χ0) is 29.4. The molecule has 0 atom stereocenters. The number of benzene rings is 6. The second-order valence-corrected chi connectivity index (χ2v) is 12.2. The van der Waals surface area contributed by atoms with Crippen LogP contribution in [0.4, 0.5) is 0 Å². The Bertz CT molecular complexity index is 2280. The van der Waals surface area contributed by atoms with E-state index in [0.717, 1.165) is 50.5 Å². The third kappa shape index (κ3) is 3.62. The van der Waals surface area contributed by atoms with Crippen LogP contribution < -0.4 is 4.74 Å². The summed E-state index contributed by atoms with van der Waals surface area (Å²) in [5, 5.41) is 2.34. The molecule has 3 heteroatoms. The monoisotopic (exact) mass is 564 g/mol. The first-order valence-electron chi connectivity index (χ1n) is 15.1. The lowest BCUT2D eigenvalue weighted by molar-refractivity contribution is 0.487. The van der Waals surface area contributed by atoms with Crippen molar-refractivity contribution in [3.63, 3.8) is 0 Å². The molecule has 0 fully saturated rings. The minimum absolute atomic E-state index is 0.0883. The number of aromatic nitrogens is 2. The topological polar surface area (TPSA) is 35.0 Å². The quantitative estimate of drug-likeness (QED) is 0.214. The molecule has 2 heterocycles. The van der Waals surface area contributed by atoms with Crippen molar-refractivity contribution in [1.82, 2.24) is 9.97 Å². The average molecular weight is 565 g/mol. The molecule has 9 rings (SSSR count). The molecule has 1 aromatic heterocycles. The number of rotatable bonds is 3. The molecule has 0 amide bonds. The Hall–Kier alpha value is -5.54. The molecule has 2 aliphatic rings. The summed E-state index contributed by atoms with van der Waals surface area (Å²) in [6.45, 7) is 4.63. The molecule has 0 bridgehead atoms. The van der Waals surface area contributed by atoms with Crippen LogP contribution in [0, 0.1) is 0 Å². The fourth-order valence-corrected chi connectivity index (χ4v) is 7.14. The van der Waals surface area contributed by atoms with Gasteiger partial charge in [-0.15, -0.1) is 0 Å². The maximum absolute atomic E-state index is 6.52. The van der Waals surface area contributed by atoms with Crippen LogP contribution in [0.25, 0.3) is 66.9 Å². The zero-order valence-corrected chi connectivity index (χ0v) is 24.5. The van der Waals surface area contributed by atoms with Crippen molar-refractivity contribution in [3.05, 3.63) is 145 Å². The fourth-order valence-electron chi connectivity index (χ4n) is 7.14. The van der Waals surface area contributed by atoms with Gasteiger partial charge in [0.1, 0.15) is 11.5 Å². The van der Waals surface area contributed by atoms with Crippen LogP contribution in [-0.4, -0.2) is 9.97 Å². The standard InChI is InChI=1S/C41H28N2O/c1-41(2)32-18-7-6-15-30(32)39-31(17-10-19-33(39)41)35-24-34(42-40(43-35)26-11-4-3-5-12-26)27-21-22-28-29-16-8-13-25-14-9-20-36(38(25)29)44-37(28)23-27/h3-24H,1-2H3. The van der Waals surface area contributed by atoms with Gasteiger partial charge in [-0.1, -0.05) is 123 Å². The van der Waals surface area contributed by atoms with E-state index in [1.807, 2.05) is 24.3 Å². The molecule has 7 aromatic rings. The van der Waals surface area contributed by atoms with Crippen LogP contribution in [0.5, 0.6) is 11.5 Å². The molecule has 208 valence electrons. The highest BCUT2D eigenvalue weighted by Gasteiger charge is 2.36. The number of hydrogen-bond acceptors (Lipinski definition) is 3. The molecular formula is C41H28N2O. The summed E-state index contributed by atoms with van der Waals surface area (Å²) in [5.41, 5.74) is 12.3. The van der Waals surface area contributed by atoms with Crippen molar-refractivity contribution in [1.29, 1.82) is 0 Å². The van der Waals surface area contributed by atoms with Gasteiger partial charge < -0.3 is 4.74 Å². The van der Waals surface area contributed by atoms with Gasteiger partial charge in [0.15, 0.2) is 5.82 Å². The predicted molar refractivity (Wildman–Crippen MR) is 179 cm³/mol. The van der Waals surface area contributed by atoms with E-state index in [0.29, 0.717) is 5.82 Å². The molecule has 0 N–H and O–H groups in total. The van der Waals surface area contributed by atoms with Crippen molar-refractivity contribution >= 4 is 10.8 Å². The van der Waals surface area contributed by atoms with Gasteiger partial charge in [-0.3, -0.25) is 0 Å². The highest BCUT2D eigenvalue weighted by Crippen LogP contribution is 2.52. The molecule has 0 unspecified atom stereocenters. The maximum atomic E-state index is 6.52. The largest absolute Gasteiger partial charge is 0.456 e. The molecule has 3 nitrogen and oxygen atoms in total. The van der Waals surface area contributed by atoms with Gasteiger partial charge in [-0.05, 0) is 57.5 Å². The first-order chi connectivity index (χ1) is 21.6. The van der Waals surface area contributed by atoms with Gasteiger partial charge in [0.05, 0.1) is 11.4 Å². The van der Waals surface area contributed by atoms with Crippen LogP contribution in [0.15, 0.2) is 133 Å². The molecule has 0 saturated heterocycles. The van der Waals surface area contributed by atoms with E-state index in [2.05, 4.69) is 123 Å². The van der Waals surface area contributed by atoms with Crippen molar-refractivity contribution in [3.8, 4) is 67.7 Å².